The Morgan fingerprint density at radius 2 is 1.90 bits per heavy atom. The molecule has 0 fully saturated rings. The van der Waals surface area contributed by atoms with E-state index in [4.69, 9.17) is 10.3 Å². The molecule has 2 N–H and O–H groups in total. The van der Waals surface area contributed by atoms with Crippen molar-refractivity contribution in [3.63, 3.8) is 0 Å². The largest absolute Gasteiger partial charge is 0.398 e. The molecule has 0 amide bonds. The average molecular weight is 279 g/mol. The number of anilines is 1. The van der Waals surface area contributed by atoms with Crippen LogP contribution in [0.25, 0.3) is 11.5 Å². The van der Waals surface area contributed by atoms with E-state index in [2.05, 4.69) is 35.3 Å². The van der Waals surface area contributed by atoms with Crippen molar-refractivity contribution in [1.29, 1.82) is 0 Å². The van der Waals surface area contributed by atoms with E-state index < -0.39 is 0 Å². The Bertz CT molecular complexity index is 757. The Labute approximate surface area is 123 Å². The lowest BCUT2D eigenvalue weighted by atomic mass is 10.1. The van der Waals surface area contributed by atoms with Gasteiger partial charge in [0.2, 0.25) is 0 Å². The Balaban J connectivity index is 1.90. The Morgan fingerprint density at radius 3 is 2.67 bits per heavy atom. The third-order valence-electron chi connectivity index (χ3n) is 3.43. The van der Waals surface area contributed by atoms with Gasteiger partial charge in [0, 0.05) is 12.1 Å². The van der Waals surface area contributed by atoms with Gasteiger partial charge in [-0.05, 0) is 31.0 Å². The average Bonchev–Trinajstić information content (AvgIpc) is 2.87. The quantitative estimate of drug-likeness (QED) is 0.745. The maximum Gasteiger partial charge on any atom is 0.260 e. The zero-order chi connectivity index (χ0) is 14.8. The van der Waals surface area contributed by atoms with Crippen LogP contribution in [-0.4, -0.2) is 10.1 Å². The fraction of sp³-hybridized carbons (Fsp3) is 0.176. The molecule has 2 aromatic carbocycles. The van der Waals surface area contributed by atoms with E-state index in [1.807, 2.05) is 31.2 Å². The molecule has 1 aromatic heterocycles. The highest BCUT2D eigenvalue weighted by Crippen LogP contribution is 2.28. The summed E-state index contributed by atoms with van der Waals surface area (Å²) in [5.41, 5.74) is 10.9. The molecule has 0 bridgehead atoms. The van der Waals surface area contributed by atoms with Crippen molar-refractivity contribution in [3.05, 3.63) is 65.0 Å². The van der Waals surface area contributed by atoms with E-state index >= 15 is 0 Å². The van der Waals surface area contributed by atoms with Crippen LogP contribution in [-0.2, 0) is 6.42 Å². The van der Waals surface area contributed by atoms with Crippen molar-refractivity contribution in [2.75, 3.05) is 5.73 Å². The minimum absolute atomic E-state index is 0.480. The lowest BCUT2D eigenvalue weighted by Gasteiger charge is -2.03. The summed E-state index contributed by atoms with van der Waals surface area (Å²) >= 11 is 0. The summed E-state index contributed by atoms with van der Waals surface area (Å²) < 4.78 is 5.37. The molecule has 0 aliphatic heterocycles. The first-order valence-electron chi connectivity index (χ1n) is 6.87. The van der Waals surface area contributed by atoms with E-state index in [9.17, 15) is 0 Å². The topological polar surface area (TPSA) is 64.9 Å². The van der Waals surface area contributed by atoms with Crippen LogP contribution >= 0.6 is 0 Å². The van der Waals surface area contributed by atoms with Gasteiger partial charge in [-0.25, -0.2) is 0 Å². The van der Waals surface area contributed by atoms with Crippen LogP contribution in [0.3, 0.4) is 0 Å². The fourth-order valence-corrected chi connectivity index (χ4v) is 2.41. The molecule has 0 unspecified atom stereocenters. The molecule has 106 valence electrons. The number of hydrogen-bond acceptors (Lipinski definition) is 4. The van der Waals surface area contributed by atoms with Crippen LogP contribution in [0.1, 0.15) is 22.5 Å². The lowest BCUT2D eigenvalue weighted by Crippen LogP contribution is -1.94. The van der Waals surface area contributed by atoms with E-state index in [1.54, 1.807) is 0 Å². The van der Waals surface area contributed by atoms with Crippen LogP contribution in [0.15, 0.2) is 47.0 Å². The van der Waals surface area contributed by atoms with E-state index in [-0.39, 0.29) is 0 Å². The van der Waals surface area contributed by atoms with Gasteiger partial charge in [0.25, 0.3) is 5.89 Å². The molecule has 0 aliphatic carbocycles. The first kappa shape index (κ1) is 13.4. The highest BCUT2D eigenvalue weighted by Gasteiger charge is 2.14. The van der Waals surface area contributed by atoms with Crippen LogP contribution in [0.5, 0.6) is 0 Å². The SMILES string of the molecule is Cc1cccc(Cc2noc(-c3c(C)cccc3N)n2)c1. The minimum Gasteiger partial charge on any atom is -0.398 e. The molecule has 4 nitrogen and oxygen atoms in total. The maximum absolute atomic E-state index is 6.01. The van der Waals surface area contributed by atoms with Gasteiger partial charge < -0.3 is 10.3 Å². The van der Waals surface area contributed by atoms with Crippen molar-refractivity contribution in [1.82, 2.24) is 10.1 Å². The lowest BCUT2D eigenvalue weighted by molar-refractivity contribution is 0.424. The van der Waals surface area contributed by atoms with Crippen molar-refractivity contribution in [2.24, 2.45) is 0 Å². The maximum atomic E-state index is 6.01. The fourth-order valence-electron chi connectivity index (χ4n) is 2.41. The third-order valence-corrected chi connectivity index (χ3v) is 3.43. The number of benzene rings is 2. The smallest absolute Gasteiger partial charge is 0.260 e. The predicted molar refractivity (Wildman–Crippen MR) is 82.9 cm³/mol. The molecule has 0 aliphatic rings. The Morgan fingerprint density at radius 1 is 1.10 bits per heavy atom. The summed E-state index contributed by atoms with van der Waals surface area (Å²) in [6, 6.07) is 14.0. The van der Waals surface area contributed by atoms with Crippen LogP contribution in [0.4, 0.5) is 5.69 Å². The second-order valence-corrected chi connectivity index (χ2v) is 5.22. The van der Waals surface area contributed by atoms with Crippen molar-refractivity contribution >= 4 is 5.69 Å². The molecule has 0 saturated heterocycles. The molecule has 0 atom stereocenters. The Hall–Kier alpha value is -2.62. The number of nitrogens with zero attached hydrogens (tertiary/aromatic N) is 2. The molecular formula is C17H17N3O. The predicted octanol–water partition coefficient (Wildman–Crippen LogP) is 3.53. The standard InChI is InChI=1S/C17H17N3O/c1-11-5-3-7-13(9-11)10-15-19-17(21-20-15)16-12(2)6-4-8-14(16)18/h3-9H,10,18H2,1-2H3. The number of nitrogen functional groups attached to an aromatic ring is 1. The highest BCUT2D eigenvalue weighted by atomic mass is 16.5. The monoisotopic (exact) mass is 279 g/mol. The number of rotatable bonds is 3. The number of nitrogens with two attached hydrogens (primary N) is 1. The summed E-state index contributed by atoms with van der Waals surface area (Å²) in [4.78, 5) is 4.47. The van der Waals surface area contributed by atoms with Crippen LogP contribution < -0.4 is 5.73 Å². The number of aryl methyl sites for hydroxylation is 2. The van der Waals surface area contributed by atoms with Gasteiger partial charge in [0.05, 0.1) is 5.56 Å². The van der Waals surface area contributed by atoms with E-state index in [1.165, 1.54) is 11.1 Å². The zero-order valence-corrected chi connectivity index (χ0v) is 12.1. The Kier molecular flexibility index (Phi) is 3.44. The van der Waals surface area contributed by atoms with Gasteiger partial charge in [0.15, 0.2) is 5.82 Å². The summed E-state index contributed by atoms with van der Waals surface area (Å²) in [5, 5.41) is 4.06. The summed E-state index contributed by atoms with van der Waals surface area (Å²) in [7, 11) is 0. The first-order chi connectivity index (χ1) is 10.1. The van der Waals surface area contributed by atoms with E-state index in [0.717, 1.165) is 11.1 Å². The third kappa shape index (κ3) is 2.79. The highest BCUT2D eigenvalue weighted by molar-refractivity contribution is 5.73. The summed E-state index contributed by atoms with van der Waals surface area (Å²) in [6.45, 7) is 4.05. The van der Waals surface area contributed by atoms with Crippen molar-refractivity contribution < 1.29 is 4.52 Å². The molecule has 3 aromatic rings. The summed E-state index contributed by atoms with van der Waals surface area (Å²) in [6.07, 6.45) is 0.650. The first-order valence-corrected chi connectivity index (χ1v) is 6.87. The molecule has 0 saturated carbocycles. The number of hydrogen-bond donors (Lipinski definition) is 1. The van der Waals surface area contributed by atoms with Gasteiger partial charge in [-0.2, -0.15) is 4.98 Å². The second-order valence-electron chi connectivity index (χ2n) is 5.22. The molecule has 0 spiro atoms. The number of aromatic nitrogens is 2. The normalized spacial score (nSPS) is 10.8. The minimum atomic E-state index is 0.480. The second kappa shape index (κ2) is 5.40. The van der Waals surface area contributed by atoms with Crippen LogP contribution in [0.2, 0.25) is 0 Å². The van der Waals surface area contributed by atoms with Gasteiger partial charge in [-0.3, -0.25) is 0 Å². The van der Waals surface area contributed by atoms with Gasteiger partial charge in [0.1, 0.15) is 0 Å². The van der Waals surface area contributed by atoms with Gasteiger partial charge in [-0.1, -0.05) is 47.1 Å². The molecule has 4 heteroatoms. The zero-order valence-electron chi connectivity index (χ0n) is 12.1. The molecule has 21 heavy (non-hydrogen) atoms. The molecular weight excluding hydrogens is 262 g/mol. The van der Waals surface area contributed by atoms with Gasteiger partial charge >= 0.3 is 0 Å². The van der Waals surface area contributed by atoms with Gasteiger partial charge in [-0.15, -0.1) is 0 Å². The molecule has 1 heterocycles. The molecule has 0 radical (unpaired) electrons. The molecule has 3 rings (SSSR count). The van der Waals surface area contributed by atoms with Crippen molar-refractivity contribution in [3.8, 4) is 11.5 Å². The van der Waals surface area contributed by atoms with Crippen LogP contribution in [0, 0.1) is 13.8 Å². The summed E-state index contributed by atoms with van der Waals surface area (Å²) in [5.74, 6) is 1.14. The van der Waals surface area contributed by atoms with Crippen molar-refractivity contribution in [2.45, 2.75) is 20.3 Å². The van der Waals surface area contributed by atoms with E-state index in [0.29, 0.717) is 23.8 Å².